The largest absolute Gasteiger partial charge is 1.00 e. The topological polar surface area (TPSA) is 79.2 Å². The van der Waals surface area contributed by atoms with Crippen molar-refractivity contribution in [1.29, 1.82) is 0 Å². The summed E-state index contributed by atoms with van der Waals surface area (Å²) in [6, 6.07) is 12.0. The number of piperazine rings is 1. The number of hydrogen-bond donors (Lipinski definition) is 3. The number of likely N-dealkylation sites (N-methyl/N-ethyl adjacent to an activating group) is 2. The van der Waals surface area contributed by atoms with E-state index in [0.717, 1.165) is 69.9 Å². The van der Waals surface area contributed by atoms with Gasteiger partial charge in [0.1, 0.15) is 0 Å². The molecule has 6 atom stereocenters. The van der Waals surface area contributed by atoms with Crippen molar-refractivity contribution in [2.45, 2.75) is 202 Å². The van der Waals surface area contributed by atoms with E-state index in [1.165, 1.54) is 150 Å². The number of benzene rings is 1. The van der Waals surface area contributed by atoms with E-state index in [4.69, 9.17) is 10.8 Å². The van der Waals surface area contributed by atoms with Crippen molar-refractivity contribution in [1.82, 2.24) is 25.5 Å². The van der Waals surface area contributed by atoms with Crippen LogP contribution in [-0.4, -0.2) is 105 Å². The first kappa shape index (κ1) is 70.8. The third-order valence-electron chi connectivity index (χ3n) is 17.2. The van der Waals surface area contributed by atoms with Crippen LogP contribution in [0.3, 0.4) is 0 Å². The van der Waals surface area contributed by atoms with Crippen LogP contribution >= 0.6 is 0 Å². The number of piperidine rings is 2. The predicted molar refractivity (Wildman–Crippen MR) is 325 cm³/mol. The van der Waals surface area contributed by atoms with Gasteiger partial charge in [-0.3, -0.25) is 26.1 Å². The summed E-state index contributed by atoms with van der Waals surface area (Å²) in [6.45, 7) is 50.6. The average molecular weight is 1070 g/mol. The van der Waals surface area contributed by atoms with E-state index in [0.29, 0.717) is 30.0 Å². The molecule has 1 aromatic heterocycles. The van der Waals surface area contributed by atoms with Gasteiger partial charge < -0.3 is 33.9 Å². The molecule has 6 heterocycles. The molecule has 1 saturated carbocycles. The number of hydrazine groups is 1. The molecular formula is C65H112N9Na2-. The Kier molecular flexibility index (Phi) is 35.0. The van der Waals surface area contributed by atoms with Gasteiger partial charge in [0.15, 0.2) is 0 Å². The summed E-state index contributed by atoms with van der Waals surface area (Å²) in [6.07, 6.45) is 28.4. The molecule has 5 aliphatic heterocycles. The molecule has 0 bridgehead atoms. The minimum absolute atomic E-state index is 0. The van der Waals surface area contributed by atoms with Crippen LogP contribution in [0.15, 0.2) is 67.4 Å². The minimum atomic E-state index is 0. The molecule has 9 nitrogen and oxygen atoms in total. The van der Waals surface area contributed by atoms with Crippen LogP contribution in [0.25, 0.3) is 0 Å². The molecule has 0 amide bonds. The van der Waals surface area contributed by atoms with Crippen LogP contribution in [0.5, 0.6) is 0 Å². The van der Waals surface area contributed by atoms with E-state index in [1.807, 2.05) is 20.9 Å². The Morgan fingerprint density at radius 2 is 1.54 bits per heavy atom. The molecule has 4 N–H and O–H groups in total. The molecule has 76 heavy (non-hydrogen) atoms. The Bertz CT molecular complexity index is 1930. The summed E-state index contributed by atoms with van der Waals surface area (Å²) in [5.74, 6) is 7.10. The van der Waals surface area contributed by atoms with E-state index >= 15 is 0 Å². The second kappa shape index (κ2) is 37.6. The normalized spacial score (nSPS) is 22.2. The van der Waals surface area contributed by atoms with Gasteiger partial charge in [-0.1, -0.05) is 82.9 Å². The maximum Gasteiger partial charge on any atom is 1.00 e. The van der Waals surface area contributed by atoms with Gasteiger partial charge in [0.25, 0.3) is 0 Å². The van der Waals surface area contributed by atoms with Crippen LogP contribution < -0.4 is 90.4 Å². The van der Waals surface area contributed by atoms with Crippen LogP contribution in [-0.2, 0) is 0 Å². The molecular weight excluding hydrogens is 953 g/mol. The van der Waals surface area contributed by atoms with Crippen molar-refractivity contribution < 1.29 is 59.1 Å². The van der Waals surface area contributed by atoms with Crippen LogP contribution in [0.2, 0.25) is 0 Å². The van der Waals surface area contributed by atoms with E-state index in [2.05, 4.69) is 153 Å². The van der Waals surface area contributed by atoms with Gasteiger partial charge in [0.2, 0.25) is 0 Å². The molecule has 6 unspecified atom stereocenters. The summed E-state index contributed by atoms with van der Waals surface area (Å²) in [5, 5.41) is 3.17. The Balaban J connectivity index is 0.000000506. The van der Waals surface area contributed by atoms with Crippen molar-refractivity contribution in [3.8, 4) is 0 Å². The van der Waals surface area contributed by atoms with Gasteiger partial charge in [-0.05, 0) is 178 Å². The standard InChI is InChI=1S/C39H58N5.C13H22N.C9H21N3.C2H6.C2H5.2Na/c1-7-36-34(25-32(27-40-36)43-23-22-42-21-13-10-14-31(42)28-43)38-35(26-39(5,6)18-17-29(3)4)33-24-30(41-19-11-9-12-20-41)15-16-37(33)44(38)8-2;1-3-13(12-6-4-5-7-12)14-9-8-11(2)10-14;1-8(9(2)11-3)6-4-5-7-12-10;2*1-2;;/h7,15-16,24-25,27,31,35,38H,3,8-14,17-23,26,28H2,1-2,4-6H3;3,11-13H,1-2,4-10H2;9,11-12H,1,4-7,10H2,2-3H3;1-2H3;1H2,2H3;;/q2*-1;;;-1;2*+1. The first-order chi connectivity index (χ1) is 35.8. The first-order valence-electron chi connectivity index (χ1n) is 30.1. The van der Waals surface area contributed by atoms with Crippen LogP contribution in [0.1, 0.15) is 200 Å². The van der Waals surface area contributed by atoms with Crippen LogP contribution in [0, 0.1) is 37.5 Å². The number of anilines is 3. The van der Waals surface area contributed by atoms with E-state index in [-0.39, 0.29) is 70.6 Å². The van der Waals surface area contributed by atoms with E-state index in [9.17, 15) is 0 Å². The number of fused-ring (bicyclic) bond motifs is 2. The third-order valence-corrected chi connectivity index (χ3v) is 17.2. The monoisotopic (exact) mass is 1060 g/mol. The maximum atomic E-state index is 5.18. The number of nitrogens with one attached hydrogen (secondary N) is 2. The van der Waals surface area contributed by atoms with Gasteiger partial charge in [-0.15, -0.1) is 31.7 Å². The van der Waals surface area contributed by atoms with Crippen LogP contribution in [0.4, 0.5) is 17.1 Å². The third kappa shape index (κ3) is 20.9. The number of unbranched alkanes of at least 4 members (excludes halogenated alkanes) is 1. The number of nitrogens with zero attached hydrogens (tertiary/aromatic N) is 6. The second-order valence-electron chi connectivity index (χ2n) is 23.0. The Hall–Kier alpha value is -1.34. The summed E-state index contributed by atoms with van der Waals surface area (Å²) < 4.78 is 0. The zero-order chi connectivity index (χ0) is 54.2. The zero-order valence-corrected chi connectivity index (χ0v) is 55.5. The molecule has 0 radical (unpaired) electrons. The molecule has 2 aromatic rings. The molecule has 1 aromatic carbocycles. The fourth-order valence-electron chi connectivity index (χ4n) is 12.8. The maximum absolute atomic E-state index is 5.18. The minimum Gasteiger partial charge on any atom is -0.380 e. The second-order valence-corrected chi connectivity index (χ2v) is 23.0. The van der Waals surface area contributed by atoms with Gasteiger partial charge >= 0.3 is 59.1 Å². The predicted octanol–water partition coefficient (Wildman–Crippen LogP) is 8.30. The fourth-order valence-corrected chi connectivity index (χ4v) is 12.8. The van der Waals surface area contributed by atoms with Crippen molar-refractivity contribution in [2.24, 2.45) is 23.1 Å². The van der Waals surface area contributed by atoms with Crippen molar-refractivity contribution in [3.05, 3.63) is 105 Å². The molecule has 5 fully saturated rings. The number of pyridine rings is 1. The van der Waals surface area contributed by atoms with E-state index in [1.54, 1.807) is 12.5 Å². The Morgan fingerprint density at radius 1 is 0.868 bits per heavy atom. The molecule has 1 aliphatic carbocycles. The summed E-state index contributed by atoms with van der Waals surface area (Å²) in [7, 11) is 1.96. The van der Waals surface area contributed by atoms with Gasteiger partial charge in [0.05, 0.1) is 0 Å². The molecule has 8 rings (SSSR count). The summed E-state index contributed by atoms with van der Waals surface area (Å²) in [4.78, 5) is 18.5. The number of rotatable bonds is 20. The number of hydrogen-bond acceptors (Lipinski definition) is 9. The average Bonchev–Trinajstić information content (AvgIpc) is 4.20. The number of nitrogens with two attached hydrogens (primary N) is 1. The number of allylic oxidation sites excluding steroid dienone is 1. The van der Waals surface area contributed by atoms with Crippen molar-refractivity contribution in [3.63, 3.8) is 0 Å². The van der Waals surface area contributed by atoms with Gasteiger partial charge in [-0.25, -0.2) is 6.42 Å². The van der Waals surface area contributed by atoms with Crippen molar-refractivity contribution >= 4 is 17.1 Å². The molecule has 4 saturated heterocycles. The Morgan fingerprint density at radius 3 is 2.14 bits per heavy atom. The first-order valence-corrected chi connectivity index (χ1v) is 30.1. The molecule has 0 spiro atoms. The quantitative estimate of drug-likeness (QED) is 0.0304. The molecule has 11 heteroatoms. The van der Waals surface area contributed by atoms with Crippen molar-refractivity contribution in [2.75, 3.05) is 87.2 Å². The molecule has 420 valence electrons. The smallest absolute Gasteiger partial charge is 0.380 e. The fraction of sp³-hybridized carbons (Fsp3) is 0.692. The SMILES string of the molecule is C=C(C)CCC(C)(C)CC1c2cc(N3CCCCC3)ccc2N(CC)C1c1cc(N2CCN3CCCCC3C2)cnc1[CH-]C.C=C(CCCCNN)C(C)NC.C=CC(C1CCCC1)N1CCC([CH2-])C1.CC.[CH2-]C.[Na+].[Na+]. The number of likely N-dealkylation sites (tertiary alicyclic amines) is 1. The molecule has 6 aliphatic rings. The summed E-state index contributed by atoms with van der Waals surface area (Å²) >= 11 is 0. The zero-order valence-electron chi connectivity index (χ0n) is 51.5. The van der Waals surface area contributed by atoms with Gasteiger partial charge in [-0.2, -0.15) is 12.8 Å². The van der Waals surface area contributed by atoms with E-state index < -0.39 is 0 Å². The Labute approximate surface area is 513 Å². The summed E-state index contributed by atoms with van der Waals surface area (Å²) in [5.41, 5.74) is 13.7. The number of aromatic nitrogens is 1. The van der Waals surface area contributed by atoms with Gasteiger partial charge in [0, 0.05) is 87.2 Å².